The number of sulfonamides is 2. The van der Waals surface area contributed by atoms with Crippen molar-refractivity contribution in [2.45, 2.75) is 43.5 Å². The van der Waals surface area contributed by atoms with E-state index >= 15 is 0 Å². The van der Waals surface area contributed by atoms with Crippen LogP contribution in [0.15, 0.2) is 70.5 Å². The standard InChI is InChI=1S/C26H30ClN3O6S2/c1-17(2)29-37(32,33)21-13-14-25(36-5)23(15-21)28-26(31)16-30(24-8-6-7-22(27)19(24)4)38(34,35)20-11-9-18(3)10-12-20/h6-15,17,29H,16H2,1-5H3,(H,28,31). The number of ether oxygens (including phenoxy) is 1. The van der Waals surface area contributed by atoms with E-state index in [9.17, 15) is 21.6 Å². The van der Waals surface area contributed by atoms with Crippen molar-refractivity contribution in [2.75, 3.05) is 23.3 Å². The minimum absolute atomic E-state index is 0.000654. The summed E-state index contributed by atoms with van der Waals surface area (Å²) in [6, 6.07) is 14.7. The van der Waals surface area contributed by atoms with Crippen molar-refractivity contribution >= 4 is 48.9 Å². The molecule has 0 heterocycles. The highest BCUT2D eigenvalue weighted by molar-refractivity contribution is 7.93. The summed E-state index contributed by atoms with van der Waals surface area (Å²) in [6.07, 6.45) is 0. The molecule has 0 saturated heterocycles. The van der Waals surface area contributed by atoms with Crippen LogP contribution in [0.4, 0.5) is 11.4 Å². The smallest absolute Gasteiger partial charge is 0.264 e. The maximum atomic E-state index is 13.7. The van der Waals surface area contributed by atoms with Gasteiger partial charge in [-0.05, 0) is 75.7 Å². The first-order chi connectivity index (χ1) is 17.8. The number of halogens is 1. The molecule has 0 saturated carbocycles. The fourth-order valence-electron chi connectivity index (χ4n) is 3.65. The zero-order chi connectivity index (χ0) is 28.3. The molecular weight excluding hydrogens is 550 g/mol. The summed E-state index contributed by atoms with van der Waals surface area (Å²) < 4.78 is 61.5. The Morgan fingerprint density at radius 3 is 2.21 bits per heavy atom. The Balaban J connectivity index is 2.02. The van der Waals surface area contributed by atoms with Gasteiger partial charge in [0.15, 0.2) is 0 Å². The van der Waals surface area contributed by atoms with E-state index in [0.717, 1.165) is 9.87 Å². The molecule has 12 heteroatoms. The number of aryl methyl sites for hydroxylation is 1. The average molecular weight is 580 g/mol. The van der Waals surface area contributed by atoms with Gasteiger partial charge in [-0.1, -0.05) is 35.4 Å². The summed E-state index contributed by atoms with van der Waals surface area (Å²) in [7, 11) is -6.67. The predicted molar refractivity (Wildman–Crippen MR) is 149 cm³/mol. The second-order valence-electron chi connectivity index (χ2n) is 8.89. The zero-order valence-electron chi connectivity index (χ0n) is 21.6. The first kappa shape index (κ1) is 29.4. The molecule has 0 bridgehead atoms. The van der Waals surface area contributed by atoms with Crippen LogP contribution < -0.4 is 19.1 Å². The minimum atomic E-state index is -4.18. The average Bonchev–Trinajstić information content (AvgIpc) is 2.84. The fraction of sp³-hybridized carbons (Fsp3) is 0.269. The molecule has 0 aliphatic heterocycles. The molecule has 0 spiro atoms. The Hall–Kier alpha value is -3.12. The van der Waals surface area contributed by atoms with Gasteiger partial charge in [0.25, 0.3) is 10.0 Å². The lowest BCUT2D eigenvalue weighted by Gasteiger charge is -2.26. The van der Waals surface area contributed by atoms with Crippen LogP contribution in [-0.2, 0) is 24.8 Å². The summed E-state index contributed by atoms with van der Waals surface area (Å²) in [4.78, 5) is 13.2. The van der Waals surface area contributed by atoms with Crippen molar-refractivity contribution in [3.05, 3.63) is 76.8 Å². The van der Waals surface area contributed by atoms with Gasteiger partial charge in [0, 0.05) is 11.1 Å². The summed E-state index contributed by atoms with van der Waals surface area (Å²) in [5.74, 6) is -0.515. The molecule has 2 N–H and O–H groups in total. The third-order valence-corrected chi connectivity index (χ3v) is 9.39. The fourth-order valence-corrected chi connectivity index (χ4v) is 6.58. The van der Waals surface area contributed by atoms with Gasteiger partial charge in [-0.3, -0.25) is 9.10 Å². The number of benzene rings is 3. The number of anilines is 2. The molecule has 0 aromatic heterocycles. The first-order valence-corrected chi connectivity index (χ1v) is 14.9. The zero-order valence-corrected chi connectivity index (χ0v) is 24.0. The van der Waals surface area contributed by atoms with E-state index in [4.69, 9.17) is 16.3 Å². The Labute approximate surface area is 228 Å². The van der Waals surface area contributed by atoms with Gasteiger partial charge in [-0.2, -0.15) is 0 Å². The van der Waals surface area contributed by atoms with E-state index in [0.29, 0.717) is 10.6 Å². The largest absolute Gasteiger partial charge is 0.495 e. The number of hydrogen-bond donors (Lipinski definition) is 2. The SMILES string of the molecule is COc1ccc(S(=O)(=O)NC(C)C)cc1NC(=O)CN(c1cccc(Cl)c1C)S(=O)(=O)c1ccc(C)cc1. The lowest BCUT2D eigenvalue weighted by molar-refractivity contribution is -0.114. The highest BCUT2D eigenvalue weighted by atomic mass is 35.5. The highest BCUT2D eigenvalue weighted by Crippen LogP contribution is 2.32. The van der Waals surface area contributed by atoms with Gasteiger partial charge < -0.3 is 10.1 Å². The monoisotopic (exact) mass is 579 g/mol. The topological polar surface area (TPSA) is 122 Å². The number of carbonyl (C=O) groups is 1. The molecule has 0 fully saturated rings. The molecule has 38 heavy (non-hydrogen) atoms. The second kappa shape index (κ2) is 11.7. The molecule has 0 aliphatic carbocycles. The summed E-state index contributed by atoms with van der Waals surface area (Å²) in [5.41, 5.74) is 1.65. The summed E-state index contributed by atoms with van der Waals surface area (Å²) in [6.45, 7) is 6.25. The Kier molecular flexibility index (Phi) is 9.09. The lowest BCUT2D eigenvalue weighted by atomic mass is 10.2. The van der Waals surface area contributed by atoms with Crippen LogP contribution in [0.2, 0.25) is 5.02 Å². The summed E-state index contributed by atoms with van der Waals surface area (Å²) in [5, 5.41) is 2.94. The van der Waals surface area contributed by atoms with Crippen LogP contribution in [0.25, 0.3) is 0 Å². The molecule has 0 aliphatic rings. The van der Waals surface area contributed by atoms with E-state index in [1.54, 1.807) is 51.1 Å². The molecule has 9 nitrogen and oxygen atoms in total. The Morgan fingerprint density at radius 1 is 0.974 bits per heavy atom. The number of carbonyl (C=O) groups excluding carboxylic acids is 1. The van der Waals surface area contributed by atoms with Gasteiger partial charge in [-0.15, -0.1) is 0 Å². The molecule has 3 rings (SSSR count). The Morgan fingerprint density at radius 2 is 1.61 bits per heavy atom. The highest BCUT2D eigenvalue weighted by Gasteiger charge is 2.29. The maximum absolute atomic E-state index is 13.7. The van der Waals surface area contributed by atoms with Gasteiger partial charge in [0.2, 0.25) is 15.9 Å². The quantitative estimate of drug-likeness (QED) is 0.365. The van der Waals surface area contributed by atoms with Crippen molar-refractivity contribution in [1.29, 1.82) is 0 Å². The van der Waals surface area contributed by atoms with E-state index in [2.05, 4.69) is 10.0 Å². The van der Waals surface area contributed by atoms with Crippen LogP contribution in [0.3, 0.4) is 0 Å². The predicted octanol–water partition coefficient (Wildman–Crippen LogP) is 4.49. The number of rotatable bonds is 10. The van der Waals surface area contributed by atoms with Crippen molar-refractivity contribution in [3.8, 4) is 5.75 Å². The molecule has 3 aromatic carbocycles. The van der Waals surface area contributed by atoms with Crippen molar-refractivity contribution in [3.63, 3.8) is 0 Å². The number of nitrogens with one attached hydrogen (secondary N) is 2. The molecule has 0 unspecified atom stereocenters. The number of amides is 1. The number of hydrogen-bond acceptors (Lipinski definition) is 6. The molecule has 1 amide bonds. The minimum Gasteiger partial charge on any atom is -0.495 e. The molecular formula is C26H30ClN3O6S2. The van der Waals surface area contributed by atoms with E-state index < -0.39 is 32.5 Å². The van der Waals surface area contributed by atoms with Gasteiger partial charge in [0.05, 0.1) is 28.3 Å². The van der Waals surface area contributed by atoms with E-state index in [1.807, 2.05) is 6.92 Å². The number of nitrogens with zero attached hydrogens (tertiary/aromatic N) is 1. The second-order valence-corrected chi connectivity index (χ2v) is 12.9. The van der Waals surface area contributed by atoms with Crippen LogP contribution >= 0.6 is 11.6 Å². The Bertz CT molecular complexity index is 1540. The van der Waals surface area contributed by atoms with Gasteiger partial charge >= 0.3 is 0 Å². The molecule has 0 radical (unpaired) electrons. The summed E-state index contributed by atoms with van der Waals surface area (Å²) >= 11 is 6.28. The third kappa shape index (κ3) is 6.65. The van der Waals surface area contributed by atoms with Crippen LogP contribution in [0, 0.1) is 13.8 Å². The lowest BCUT2D eigenvalue weighted by Crippen LogP contribution is -2.38. The molecule has 3 aromatic rings. The van der Waals surface area contributed by atoms with Crippen molar-refractivity contribution < 1.29 is 26.4 Å². The van der Waals surface area contributed by atoms with Crippen LogP contribution in [0.5, 0.6) is 5.75 Å². The molecule has 204 valence electrons. The normalized spacial score (nSPS) is 11.9. The molecule has 0 atom stereocenters. The van der Waals surface area contributed by atoms with Crippen LogP contribution in [-0.4, -0.2) is 42.4 Å². The van der Waals surface area contributed by atoms with Gasteiger partial charge in [0.1, 0.15) is 12.3 Å². The van der Waals surface area contributed by atoms with Crippen molar-refractivity contribution in [2.24, 2.45) is 0 Å². The van der Waals surface area contributed by atoms with Crippen molar-refractivity contribution in [1.82, 2.24) is 4.72 Å². The number of methoxy groups -OCH3 is 1. The first-order valence-electron chi connectivity index (χ1n) is 11.6. The third-order valence-electron chi connectivity index (χ3n) is 5.55. The van der Waals surface area contributed by atoms with Gasteiger partial charge in [-0.25, -0.2) is 21.6 Å². The van der Waals surface area contributed by atoms with E-state index in [1.165, 1.54) is 37.4 Å². The maximum Gasteiger partial charge on any atom is 0.264 e. The van der Waals surface area contributed by atoms with E-state index in [-0.39, 0.29) is 33.0 Å². The van der Waals surface area contributed by atoms with Crippen LogP contribution in [0.1, 0.15) is 25.0 Å².